The van der Waals surface area contributed by atoms with E-state index in [0.29, 0.717) is 5.56 Å². The summed E-state index contributed by atoms with van der Waals surface area (Å²) in [5, 5.41) is 0. The molecule has 0 radical (unpaired) electrons. The Labute approximate surface area is 124 Å². The topological polar surface area (TPSA) is 60.2 Å². The minimum absolute atomic E-state index is 0.0450. The van der Waals surface area contributed by atoms with E-state index in [4.69, 9.17) is 5.73 Å². The Kier molecular flexibility index (Phi) is 4.44. The average Bonchev–Trinajstić information content (AvgIpc) is 2.44. The van der Waals surface area contributed by atoms with Gasteiger partial charge in [-0.05, 0) is 37.1 Å². The van der Waals surface area contributed by atoms with E-state index in [1.54, 1.807) is 30.3 Å². The molecule has 21 heavy (non-hydrogen) atoms. The Morgan fingerprint density at radius 2 is 1.71 bits per heavy atom. The highest BCUT2D eigenvalue weighted by Gasteiger charge is 2.19. The zero-order valence-corrected chi connectivity index (χ0v) is 12.9. The van der Waals surface area contributed by atoms with Crippen LogP contribution in [0.2, 0.25) is 0 Å². The van der Waals surface area contributed by atoms with Crippen LogP contribution in [0.5, 0.6) is 0 Å². The molecule has 0 aromatic heterocycles. The maximum Gasteiger partial charge on any atom is 0.182 e. The second-order valence-electron chi connectivity index (χ2n) is 5.10. The third-order valence-corrected chi connectivity index (χ3v) is 5.22. The summed E-state index contributed by atoms with van der Waals surface area (Å²) in [5.74, 6) is -0.901. The van der Waals surface area contributed by atoms with Gasteiger partial charge in [-0.25, -0.2) is 12.8 Å². The summed E-state index contributed by atoms with van der Waals surface area (Å²) in [7, 11) is -3.58. The van der Waals surface area contributed by atoms with Gasteiger partial charge in [0.2, 0.25) is 0 Å². The SMILES string of the molecule is Cc1ccc(S(=O)(=O)Cc2cccc(CN)c2F)cc1C. The summed E-state index contributed by atoms with van der Waals surface area (Å²) in [4.78, 5) is 0.211. The number of aryl methyl sites for hydroxylation is 2. The van der Waals surface area contributed by atoms with Crippen LogP contribution in [0.25, 0.3) is 0 Å². The highest BCUT2D eigenvalue weighted by atomic mass is 32.2. The standard InChI is InChI=1S/C16H18FNO2S/c1-11-6-7-15(8-12(11)2)21(19,20)10-14-5-3-4-13(9-18)16(14)17/h3-8H,9-10,18H2,1-2H3. The highest BCUT2D eigenvalue weighted by Crippen LogP contribution is 2.22. The molecule has 5 heteroatoms. The van der Waals surface area contributed by atoms with Gasteiger partial charge in [0, 0.05) is 17.7 Å². The molecule has 0 aliphatic heterocycles. The zero-order chi connectivity index (χ0) is 15.6. The van der Waals surface area contributed by atoms with Gasteiger partial charge in [0.05, 0.1) is 10.6 Å². The number of nitrogens with two attached hydrogens (primary N) is 1. The average molecular weight is 307 g/mol. The lowest BCUT2D eigenvalue weighted by molar-refractivity contribution is 0.582. The molecule has 0 saturated carbocycles. The van der Waals surface area contributed by atoms with Gasteiger partial charge in [-0.1, -0.05) is 24.3 Å². The summed E-state index contributed by atoms with van der Waals surface area (Å²) >= 11 is 0. The fourth-order valence-corrected chi connectivity index (χ4v) is 3.53. The number of hydrogen-bond acceptors (Lipinski definition) is 3. The lowest BCUT2D eigenvalue weighted by Crippen LogP contribution is -2.09. The molecular weight excluding hydrogens is 289 g/mol. The van der Waals surface area contributed by atoms with Crippen molar-refractivity contribution in [2.45, 2.75) is 31.0 Å². The minimum atomic E-state index is -3.58. The van der Waals surface area contributed by atoms with Gasteiger partial charge < -0.3 is 5.73 Å². The van der Waals surface area contributed by atoms with Crippen LogP contribution in [0.1, 0.15) is 22.3 Å². The maximum atomic E-state index is 14.1. The van der Waals surface area contributed by atoms with Crippen LogP contribution < -0.4 is 5.73 Å². The van der Waals surface area contributed by atoms with E-state index in [2.05, 4.69) is 0 Å². The molecule has 112 valence electrons. The predicted molar refractivity (Wildman–Crippen MR) is 81.1 cm³/mol. The number of rotatable bonds is 4. The Balaban J connectivity index is 2.40. The lowest BCUT2D eigenvalue weighted by Gasteiger charge is -2.09. The van der Waals surface area contributed by atoms with E-state index >= 15 is 0 Å². The predicted octanol–water partition coefficient (Wildman–Crippen LogP) is 2.88. The molecule has 0 amide bonds. The summed E-state index contributed by atoms with van der Waals surface area (Å²) in [6.45, 7) is 3.81. The van der Waals surface area contributed by atoms with Crippen LogP contribution >= 0.6 is 0 Å². The van der Waals surface area contributed by atoms with E-state index in [9.17, 15) is 12.8 Å². The molecule has 0 heterocycles. The van der Waals surface area contributed by atoms with E-state index in [1.165, 1.54) is 6.07 Å². The van der Waals surface area contributed by atoms with Crippen molar-refractivity contribution in [1.29, 1.82) is 0 Å². The first-order valence-corrected chi connectivity index (χ1v) is 8.26. The van der Waals surface area contributed by atoms with Gasteiger partial charge in [-0.15, -0.1) is 0 Å². The molecule has 0 atom stereocenters. The van der Waals surface area contributed by atoms with Gasteiger partial charge in [0.1, 0.15) is 5.82 Å². The van der Waals surface area contributed by atoms with Gasteiger partial charge in [0.15, 0.2) is 9.84 Å². The largest absolute Gasteiger partial charge is 0.326 e. The van der Waals surface area contributed by atoms with E-state index in [0.717, 1.165) is 11.1 Å². The minimum Gasteiger partial charge on any atom is -0.326 e. The van der Waals surface area contributed by atoms with Crippen LogP contribution in [0.3, 0.4) is 0 Å². The first-order chi connectivity index (χ1) is 9.85. The first-order valence-electron chi connectivity index (χ1n) is 6.61. The van der Waals surface area contributed by atoms with Gasteiger partial charge in [-0.3, -0.25) is 0 Å². The quantitative estimate of drug-likeness (QED) is 0.945. The van der Waals surface area contributed by atoms with Crippen molar-refractivity contribution in [3.63, 3.8) is 0 Å². The van der Waals surface area contributed by atoms with Gasteiger partial charge in [-0.2, -0.15) is 0 Å². The van der Waals surface area contributed by atoms with Crippen LogP contribution in [-0.4, -0.2) is 8.42 Å². The summed E-state index contributed by atoms with van der Waals surface area (Å²) < 4.78 is 39.0. The van der Waals surface area contributed by atoms with Crippen molar-refractivity contribution in [2.75, 3.05) is 0 Å². The number of hydrogen-bond donors (Lipinski definition) is 1. The molecule has 3 nitrogen and oxygen atoms in total. The molecule has 0 aliphatic rings. The molecule has 0 spiro atoms. The van der Waals surface area contributed by atoms with Crippen molar-refractivity contribution >= 4 is 9.84 Å². The molecule has 0 fully saturated rings. The Hall–Kier alpha value is -1.72. The molecule has 2 aromatic rings. The van der Waals surface area contributed by atoms with Gasteiger partial charge >= 0.3 is 0 Å². The Bertz CT molecular complexity index is 770. The molecule has 0 unspecified atom stereocenters. The third kappa shape index (κ3) is 3.31. The van der Waals surface area contributed by atoms with Crippen LogP contribution in [0, 0.1) is 19.7 Å². The van der Waals surface area contributed by atoms with Crippen molar-refractivity contribution in [1.82, 2.24) is 0 Å². The molecule has 2 N–H and O–H groups in total. The molecule has 0 aliphatic carbocycles. The van der Waals surface area contributed by atoms with Crippen LogP contribution in [-0.2, 0) is 22.1 Å². The van der Waals surface area contributed by atoms with Crippen molar-refractivity contribution in [3.8, 4) is 0 Å². The van der Waals surface area contributed by atoms with Crippen LogP contribution in [0.4, 0.5) is 4.39 Å². The molecule has 2 rings (SSSR count). The molecule has 0 bridgehead atoms. The molecule has 0 saturated heterocycles. The first kappa shape index (κ1) is 15.7. The highest BCUT2D eigenvalue weighted by molar-refractivity contribution is 7.90. The van der Waals surface area contributed by atoms with E-state index in [1.807, 2.05) is 13.8 Å². The van der Waals surface area contributed by atoms with Gasteiger partial charge in [0.25, 0.3) is 0 Å². The third-order valence-electron chi connectivity index (χ3n) is 3.56. The van der Waals surface area contributed by atoms with E-state index in [-0.39, 0.29) is 22.8 Å². The summed E-state index contributed by atoms with van der Waals surface area (Å²) in [6, 6.07) is 9.59. The van der Waals surface area contributed by atoms with E-state index < -0.39 is 15.7 Å². The Morgan fingerprint density at radius 1 is 1.05 bits per heavy atom. The fourth-order valence-electron chi connectivity index (χ4n) is 2.10. The molecule has 2 aromatic carbocycles. The van der Waals surface area contributed by atoms with Crippen LogP contribution in [0.15, 0.2) is 41.3 Å². The van der Waals surface area contributed by atoms with Crippen molar-refractivity contribution in [3.05, 3.63) is 64.5 Å². The smallest absolute Gasteiger partial charge is 0.182 e. The van der Waals surface area contributed by atoms with Crippen molar-refractivity contribution < 1.29 is 12.8 Å². The summed E-state index contributed by atoms with van der Waals surface area (Å²) in [6.07, 6.45) is 0. The Morgan fingerprint density at radius 3 is 2.33 bits per heavy atom. The lowest BCUT2D eigenvalue weighted by atomic mass is 10.1. The molecular formula is C16H18FNO2S. The fraction of sp³-hybridized carbons (Fsp3) is 0.250. The summed E-state index contributed by atoms with van der Waals surface area (Å²) in [5.41, 5.74) is 7.83. The second-order valence-corrected chi connectivity index (χ2v) is 7.09. The monoisotopic (exact) mass is 307 g/mol. The second kappa shape index (κ2) is 5.95. The number of sulfone groups is 1. The zero-order valence-electron chi connectivity index (χ0n) is 12.1. The normalized spacial score (nSPS) is 11.6. The van der Waals surface area contributed by atoms with Crippen molar-refractivity contribution in [2.24, 2.45) is 5.73 Å². The maximum absolute atomic E-state index is 14.1. The number of halogens is 1. The number of benzene rings is 2.